The van der Waals surface area contributed by atoms with E-state index in [1.54, 1.807) is 53.4 Å². The van der Waals surface area contributed by atoms with Crippen LogP contribution in [0.4, 0.5) is 5.95 Å². The van der Waals surface area contributed by atoms with E-state index in [-0.39, 0.29) is 5.95 Å². The van der Waals surface area contributed by atoms with E-state index in [2.05, 4.69) is 108 Å². The topological polar surface area (TPSA) is 80.3 Å². The third-order valence-corrected chi connectivity index (χ3v) is 17.1. The predicted octanol–water partition coefficient (Wildman–Crippen LogP) is 8.46. The van der Waals surface area contributed by atoms with Gasteiger partial charge in [-0.3, -0.25) is 4.57 Å². The molecule has 0 aliphatic rings. The Morgan fingerprint density at radius 1 is 0.612 bits per heavy atom. The summed E-state index contributed by atoms with van der Waals surface area (Å²) in [6.45, 7) is 2.29. The summed E-state index contributed by atoms with van der Waals surface area (Å²) in [5.41, 5.74) is 6.74. The van der Waals surface area contributed by atoms with Crippen molar-refractivity contribution in [3.63, 3.8) is 0 Å². The van der Waals surface area contributed by atoms with Crippen molar-refractivity contribution in [3.05, 3.63) is 121 Å². The van der Waals surface area contributed by atoms with Crippen LogP contribution in [0.5, 0.6) is 0 Å². The number of rotatable bonds is 16. The van der Waals surface area contributed by atoms with Gasteiger partial charge in [0.1, 0.15) is 0 Å². The van der Waals surface area contributed by atoms with Crippen molar-refractivity contribution >= 4 is 36.7 Å². The van der Waals surface area contributed by atoms with E-state index in [1.165, 1.54) is 62.0 Å². The average Bonchev–Trinajstić information content (AvgIpc) is 3.54. The quantitative estimate of drug-likeness (QED) is 0.0823. The van der Waals surface area contributed by atoms with Crippen molar-refractivity contribution in [3.8, 4) is 11.4 Å². The minimum atomic E-state index is -3.07. The molecule has 1 aromatic heterocycles. The maximum absolute atomic E-state index is 13.1. The molecule has 9 heteroatoms. The van der Waals surface area contributed by atoms with E-state index in [4.69, 9.17) is 5.73 Å². The van der Waals surface area contributed by atoms with Crippen LogP contribution in [0.15, 0.2) is 121 Å². The molecule has 0 bridgehead atoms. The maximum atomic E-state index is 13.1. The van der Waals surface area contributed by atoms with Gasteiger partial charge in [0.15, 0.2) is 5.82 Å². The summed E-state index contributed by atoms with van der Waals surface area (Å²) < 4.78 is 17.6. The van der Waals surface area contributed by atoms with Gasteiger partial charge >= 0.3 is 186 Å². The van der Waals surface area contributed by atoms with Gasteiger partial charge in [-0.25, -0.2) is 9.34 Å². The molecular formula is C40H56N6OP2. The fraction of sp³-hybridized carbons (Fsp3) is 0.350. The number of nitrogens with two attached hydrogens (primary N) is 1. The first-order valence-electron chi connectivity index (χ1n) is 17.7. The van der Waals surface area contributed by atoms with Gasteiger partial charge in [0.25, 0.3) is 0 Å². The molecule has 5 rings (SSSR count). The second kappa shape index (κ2) is 19.0. The Morgan fingerprint density at radius 2 is 1.00 bits per heavy atom. The van der Waals surface area contributed by atoms with E-state index < -0.39 is 14.9 Å². The minimum Gasteiger partial charge on any atom is -0.368 e. The van der Waals surface area contributed by atoms with Crippen LogP contribution in [-0.4, -0.2) is 58.2 Å². The summed E-state index contributed by atoms with van der Waals surface area (Å²) in [6, 6.07) is 43.5. The zero-order valence-electron chi connectivity index (χ0n) is 30.1. The molecule has 0 aliphatic heterocycles. The van der Waals surface area contributed by atoms with Crippen LogP contribution < -0.4 is 21.6 Å². The number of nitrogen functional groups attached to an aromatic ring is 1. The summed E-state index contributed by atoms with van der Waals surface area (Å²) in [5.74, 6) is 0.599. The van der Waals surface area contributed by atoms with Gasteiger partial charge in [-0.05, 0) is 28.2 Å². The second-order valence-electron chi connectivity index (χ2n) is 13.0. The average molecular weight is 699 g/mol. The van der Waals surface area contributed by atoms with Crippen molar-refractivity contribution < 1.29 is 4.57 Å². The minimum absolute atomic E-state index is 0.134. The normalized spacial score (nSPS) is 12.1. The van der Waals surface area contributed by atoms with Gasteiger partial charge in [0.2, 0.25) is 5.95 Å². The molecule has 7 nitrogen and oxygen atoms in total. The van der Waals surface area contributed by atoms with E-state index in [1.807, 2.05) is 30.3 Å². The third-order valence-electron chi connectivity index (χ3n) is 9.14. The Balaban J connectivity index is 0.000000237. The molecule has 4 aromatic carbocycles. The number of benzene rings is 4. The number of hydrogen-bond acceptors (Lipinski definition) is 4. The Hall–Kier alpha value is -3.60. The molecule has 0 atom stereocenters. The van der Waals surface area contributed by atoms with Crippen molar-refractivity contribution in [1.29, 1.82) is 0 Å². The van der Waals surface area contributed by atoms with E-state index >= 15 is 0 Å². The monoisotopic (exact) mass is 698 g/mol. The Labute approximate surface area is 295 Å². The molecule has 0 amide bonds. The molecule has 1 heterocycles. The molecule has 0 aliphatic carbocycles. The Morgan fingerprint density at radius 3 is 1.41 bits per heavy atom. The van der Waals surface area contributed by atoms with Gasteiger partial charge in [0, 0.05) is 5.56 Å². The van der Waals surface area contributed by atoms with Crippen molar-refractivity contribution in [2.75, 3.05) is 40.1 Å². The molecule has 0 radical (unpaired) electrons. The smallest absolute Gasteiger partial charge is 0.332 e. The SMILES string of the molecule is CCCCCCCCCC[PH](c1ccccc1)(c1ccccc1)c1ccccc1.CN(C)P(=O)(N(C)C)n1nc(-c2ccccc2)nc1N. The van der Waals surface area contributed by atoms with E-state index in [9.17, 15) is 4.57 Å². The fourth-order valence-electron chi connectivity index (χ4n) is 6.54. The molecule has 0 fully saturated rings. The van der Waals surface area contributed by atoms with Crippen molar-refractivity contribution in [2.45, 2.75) is 58.3 Å². The first-order chi connectivity index (χ1) is 23.7. The number of unbranched alkanes of at least 4 members (excludes halogenated alkanes) is 7. The fourth-order valence-corrected chi connectivity index (χ4v) is 13.4. The number of hydrogen-bond donors (Lipinski definition) is 1. The summed E-state index contributed by atoms with van der Waals surface area (Å²) in [4.78, 5) is 4.22. The summed E-state index contributed by atoms with van der Waals surface area (Å²) in [7, 11) is 1.83. The Kier molecular flexibility index (Phi) is 14.8. The summed E-state index contributed by atoms with van der Waals surface area (Å²) >= 11 is 0. The number of nitrogens with zero attached hydrogens (tertiary/aromatic N) is 5. The van der Waals surface area contributed by atoms with Crippen LogP contribution in [0.1, 0.15) is 58.3 Å². The third kappa shape index (κ3) is 9.55. The molecule has 2 N–H and O–H groups in total. The van der Waals surface area contributed by atoms with Crippen LogP contribution in [0.2, 0.25) is 0 Å². The van der Waals surface area contributed by atoms with Gasteiger partial charge in [0.05, 0.1) is 0 Å². The molecule has 5 aromatic rings. The molecule has 262 valence electrons. The van der Waals surface area contributed by atoms with Crippen molar-refractivity contribution in [2.24, 2.45) is 0 Å². The maximum Gasteiger partial charge on any atom is 0.332 e. The molecule has 0 saturated heterocycles. The van der Waals surface area contributed by atoms with Gasteiger partial charge < -0.3 is 5.73 Å². The predicted molar refractivity (Wildman–Crippen MR) is 214 cm³/mol. The van der Waals surface area contributed by atoms with Crippen LogP contribution in [-0.2, 0) is 4.57 Å². The van der Waals surface area contributed by atoms with Crippen LogP contribution in [0.25, 0.3) is 11.4 Å². The molecule has 49 heavy (non-hydrogen) atoms. The Bertz CT molecular complexity index is 1590. The number of aromatic nitrogens is 3. The molecule has 0 saturated carbocycles. The number of anilines is 1. The van der Waals surface area contributed by atoms with Gasteiger partial charge in [-0.1, -0.05) is 30.3 Å². The first-order valence-corrected chi connectivity index (χ1v) is 21.4. The van der Waals surface area contributed by atoms with Crippen molar-refractivity contribution in [1.82, 2.24) is 23.9 Å². The first kappa shape index (κ1) is 38.2. The van der Waals surface area contributed by atoms with Gasteiger partial charge in [-0.2, -0.15) is 9.44 Å². The summed E-state index contributed by atoms with van der Waals surface area (Å²) in [6.07, 6.45) is 12.3. The molecule has 0 unspecified atom stereocenters. The van der Waals surface area contributed by atoms with Crippen LogP contribution in [0, 0.1) is 0 Å². The van der Waals surface area contributed by atoms with Crippen LogP contribution in [0.3, 0.4) is 0 Å². The zero-order valence-corrected chi connectivity index (χ0v) is 32.0. The molecular weight excluding hydrogens is 642 g/mol. The zero-order chi connectivity index (χ0) is 35.1. The van der Waals surface area contributed by atoms with Gasteiger partial charge in [-0.15, -0.1) is 5.10 Å². The summed E-state index contributed by atoms with van der Waals surface area (Å²) in [5, 5.41) is 8.95. The largest absolute Gasteiger partial charge is 0.368 e. The van der Waals surface area contributed by atoms with Crippen LogP contribution >= 0.6 is 14.9 Å². The standard InChI is InChI=1S/C28H37P.C12H19N6OP/c1-2-3-4-5-6-7-8-18-25-29(26-19-12-9-13-20-26,27-21-14-10-15-22-27)28-23-16-11-17-24-28;1-16(2)20(19,17(3)4)18-12(13)14-11(15-18)10-8-6-5-7-9-10/h9-17,19-24,29H,2-8,18,25H2,1H3;5-9H,1-4H3,(H2,13,14,15). The molecule has 0 spiro atoms. The van der Waals surface area contributed by atoms with E-state index in [0.717, 1.165) is 5.56 Å². The van der Waals surface area contributed by atoms with E-state index in [0.29, 0.717) is 5.82 Å². The second-order valence-corrected chi connectivity index (χ2v) is 20.0.